The molecule has 0 unspecified atom stereocenters. The van der Waals surface area contributed by atoms with Crippen molar-refractivity contribution in [2.75, 3.05) is 26.2 Å². The first-order valence-electron chi connectivity index (χ1n) is 7.12. The normalized spacial score (nSPS) is 17.2. The minimum Gasteiger partial charge on any atom is -0.297 e. The van der Waals surface area contributed by atoms with Crippen molar-refractivity contribution in [1.29, 1.82) is 0 Å². The first kappa shape index (κ1) is 15.0. The SMILES string of the molecule is Fc1cccc(CN2CCN(Cc3ccc(Cl)s3)CC2)c1. The Morgan fingerprint density at radius 2 is 1.71 bits per heavy atom. The number of thiophene rings is 1. The van der Waals surface area contributed by atoms with E-state index in [0.29, 0.717) is 0 Å². The standard InChI is InChI=1S/C16H18ClFN2S/c17-16-5-4-15(21-16)12-20-8-6-19(7-9-20)11-13-2-1-3-14(18)10-13/h1-5,10H,6-9,11-12H2. The van der Waals surface area contributed by atoms with Crippen LogP contribution in [0.1, 0.15) is 10.4 Å². The van der Waals surface area contributed by atoms with Crippen LogP contribution in [-0.4, -0.2) is 36.0 Å². The van der Waals surface area contributed by atoms with Crippen LogP contribution in [0.3, 0.4) is 0 Å². The first-order chi connectivity index (χ1) is 10.2. The number of hydrogen-bond acceptors (Lipinski definition) is 3. The van der Waals surface area contributed by atoms with Gasteiger partial charge >= 0.3 is 0 Å². The van der Waals surface area contributed by atoms with Crippen LogP contribution in [0.25, 0.3) is 0 Å². The van der Waals surface area contributed by atoms with E-state index >= 15 is 0 Å². The molecular weight excluding hydrogens is 307 g/mol. The van der Waals surface area contributed by atoms with E-state index in [4.69, 9.17) is 11.6 Å². The highest BCUT2D eigenvalue weighted by molar-refractivity contribution is 7.16. The quantitative estimate of drug-likeness (QED) is 0.842. The minimum absolute atomic E-state index is 0.152. The molecule has 1 fully saturated rings. The lowest BCUT2D eigenvalue weighted by molar-refractivity contribution is 0.123. The lowest BCUT2D eigenvalue weighted by Gasteiger charge is -2.34. The maximum Gasteiger partial charge on any atom is 0.123 e. The molecule has 1 aromatic carbocycles. The van der Waals surface area contributed by atoms with Gasteiger partial charge in [0.05, 0.1) is 4.34 Å². The van der Waals surface area contributed by atoms with Gasteiger partial charge in [0.2, 0.25) is 0 Å². The van der Waals surface area contributed by atoms with Crippen molar-refractivity contribution in [3.63, 3.8) is 0 Å². The van der Waals surface area contributed by atoms with Gasteiger partial charge in [-0.2, -0.15) is 0 Å². The number of piperazine rings is 1. The highest BCUT2D eigenvalue weighted by atomic mass is 35.5. The van der Waals surface area contributed by atoms with E-state index in [1.807, 2.05) is 12.1 Å². The van der Waals surface area contributed by atoms with Crippen molar-refractivity contribution >= 4 is 22.9 Å². The molecule has 2 nitrogen and oxygen atoms in total. The molecule has 1 aliphatic heterocycles. The lowest BCUT2D eigenvalue weighted by Crippen LogP contribution is -2.45. The molecule has 1 saturated heterocycles. The zero-order valence-electron chi connectivity index (χ0n) is 11.8. The van der Waals surface area contributed by atoms with Gasteiger partial charge in [-0.15, -0.1) is 11.3 Å². The Morgan fingerprint density at radius 3 is 2.33 bits per heavy atom. The van der Waals surface area contributed by atoms with E-state index < -0.39 is 0 Å². The van der Waals surface area contributed by atoms with Gasteiger partial charge in [-0.1, -0.05) is 23.7 Å². The van der Waals surface area contributed by atoms with Crippen molar-refractivity contribution in [3.8, 4) is 0 Å². The van der Waals surface area contributed by atoms with Crippen molar-refractivity contribution in [2.45, 2.75) is 13.1 Å². The summed E-state index contributed by atoms with van der Waals surface area (Å²) in [4.78, 5) is 6.15. The van der Waals surface area contributed by atoms with E-state index in [9.17, 15) is 4.39 Å². The van der Waals surface area contributed by atoms with Gasteiger partial charge in [-0.25, -0.2) is 4.39 Å². The second kappa shape index (κ2) is 6.88. The Morgan fingerprint density at radius 1 is 1.00 bits per heavy atom. The summed E-state index contributed by atoms with van der Waals surface area (Å²) in [5.41, 5.74) is 1.05. The molecule has 1 aromatic heterocycles. The van der Waals surface area contributed by atoms with Gasteiger partial charge < -0.3 is 0 Å². The van der Waals surface area contributed by atoms with E-state index in [0.717, 1.165) is 49.2 Å². The number of nitrogens with zero attached hydrogens (tertiary/aromatic N) is 2. The van der Waals surface area contributed by atoms with Crippen molar-refractivity contribution < 1.29 is 4.39 Å². The second-order valence-electron chi connectivity index (χ2n) is 5.39. The van der Waals surface area contributed by atoms with Crippen LogP contribution in [0, 0.1) is 5.82 Å². The van der Waals surface area contributed by atoms with E-state index in [1.165, 1.54) is 10.9 Å². The molecule has 3 rings (SSSR count). The van der Waals surface area contributed by atoms with Gasteiger partial charge in [0, 0.05) is 44.1 Å². The molecular formula is C16H18ClFN2S. The number of halogens is 2. The van der Waals surface area contributed by atoms with Gasteiger partial charge in [-0.05, 0) is 29.8 Å². The van der Waals surface area contributed by atoms with E-state index in [-0.39, 0.29) is 5.82 Å². The average Bonchev–Trinajstić information content (AvgIpc) is 2.86. The molecule has 1 aliphatic rings. The molecule has 2 aromatic rings. The third-order valence-corrected chi connectivity index (χ3v) is 4.98. The molecule has 112 valence electrons. The molecule has 0 spiro atoms. The Kier molecular flexibility index (Phi) is 4.91. The summed E-state index contributed by atoms with van der Waals surface area (Å²) in [6.07, 6.45) is 0. The number of hydrogen-bond donors (Lipinski definition) is 0. The predicted octanol–water partition coefficient (Wildman–Crippen LogP) is 3.86. The highest BCUT2D eigenvalue weighted by Crippen LogP contribution is 2.23. The third-order valence-electron chi connectivity index (χ3n) is 3.77. The molecule has 0 saturated carbocycles. The summed E-state index contributed by atoms with van der Waals surface area (Å²) >= 11 is 7.62. The predicted molar refractivity (Wildman–Crippen MR) is 86.3 cm³/mol. The van der Waals surface area contributed by atoms with Crippen molar-refractivity contribution in [2.24, 2.45) is 0 Å². The Balaban J connectivity index is 1.48. The summed E-state index contributed by atoms with van der Waals surface area (Å²) < 4.78 is 14.0. The first-order valence-corrected chi connectivity index (χ1v) is 8.32. The lowest BCUT2D eigenvalue weighted by atomic mass is 10.2. The number of rotatable bonds is 4. The molecule has 0 radical (unpaired) electrons. The highest BCUT2D eigenvalue weighted by Gasteiger charge is 2.17. The van der Waals surface area contributed by atoms with Crippen molar-refractivity contribution in [1.82, 2.24) is 9.80 Å². The molecule has 21 heavy (non-hydrogen) atoms. The van der Waals surface area contributed by atoms with Crippen LogP contribution in [0.5, 0.6) is 0 Å². The molecule has 5 heteroatoms. The van der Waals surface area contributed by atoms with Crippen LogP contribution in [0.15, 0.2) is 36.4 Å². The van der Waals surface area contributed by atoms with Gasteiger partial charge in [0.15, 0.2) is 0 Å². The molecule has 0 atom stereocenters. The fourth-order valence-corrected chi connectivity index (χ4v) is 3.79. The Labute approximate surface area is 133 Å². The molecule has 0 aliphatic carbocycles. The molecule has 0 N–H and O–H groups in total. The van der Waals surface area contributed by atoms with Crippen molar-refractivity contribution in [3.05, 3.63) is 57.0 Å². The van der Waals surface area contributed by atoms with E-state index in [1.54, 1.807) is 23.5 Å². The molecule has 0 bridgehead atoms. The minimum atomic E-state index is -0.152. The third kappa shape index (κ3) is 4.27. The summed E-state index contributed by atoms with van der Waals surface area (Å²) in [5.74, 6) is -0.152. The van der Waals surface area contributed by atoms with Crippen LogP contribution in [0.4, 0.5) is 4.39 Å². The van der Waals surface area contributed by atoms with Gasteiger partial charge in [0.25, 0.3) is 0 Å². The van der Waals surface area contributed by atoms with Crippen LogP contribution < -0.4 is 0 Å². The largest absolute Gasteiger partial charge is 0.297 e. The van der Waals surface area contributed by atoms with Gasteiger partial charge in [0.1, 0.15) is 5.82 Å². The maximum absolute atomic E-state index is 13.2. The van der Waals surface area contributed by atoms with Gasteiger partial charge in [-0.3, -0.25) is 9.80 Å². The summed E-state index contributed by atoms with van der Waals surface area (Å²) in [5, 5.41) is 0. The zero-order valence-corrected chi connectivity index (χ0v) is 13.3. The molecule has 2 heterocycles. The van der Waals surface area contributed by atoms with Crippen LogP contribution in [0.2, 0.25) is 4.34 Å². The Bertz CT molecular complexity index is 593. The topological polar surface area (TPSA) is 6.48 Å². The molecule has 0 amide bonds. The Hall–Kier alpha value is -0.940. The van der Waals surface area contributed by atoms with Crippen LogP contribution in [-0.2, 0) is 13.1 Å². The summed E-state index contributed by atoms with van der Waals surface area (Å²) in [7, 11) is 0. The van der Waals surface area contributed by atoms with Crippen LogP contribution >= 0.6 is 22.9 Å². The zero-order chi connectivity index (χ0) is 14.7. The summed E-state index contributed by atoms with van der Waals surface area (Å²) in [6.45, 7) is 5.95. The average molecular weight is 325 g/mol. The van der Waals surface area contributed by atoms with E-state index in [2.05, 4.69) is 15.9 Å². The fourth-order valence-electron chi connectivity index (χ4n) is 2.66. The monoisotopic (exact) mass is 324 g/mol. The fraction of sp³-hybridized carbons (Fsp3) is 0.375. The number of benzene rings is 1. The smallest absolute Gasteiger partial charge is 0.123 e. The maximum atomic E-state index is 13.2. The second-order valence-corrected chi connectivity index (χ2v) is 7.19. The summed E-state index contributed by atoms with van der Waals surface area (Å²) in [6, 6.07) is 11.0.